The van der Waals surface area contributed by atoms with Gasteiger partial charge >= 0.3 is 0 Å². The SMILES string of the molecule is Cc1noc(C)c1CC(=O)NCCCN1CCCC1=O. The molecule has 0 aliphatic carbocycles. The highest BCUT2D eigenvalue weighted by Gasteiger charge is 2.19. The Bertz CT molecular complexity index is 476. The maximum Gasteiger partial charge on any atom is 0.224 e. The highest BCUT2D eigenvalue weighted by Crippen LogP contribution is 2.12. The van der Waals surface area contributed by atoms with E-state index in [-0.39, 0.29) is 11.8 Å². The topological polar surface area (TPSA) is 75.4 Å². The summed E-state index contributed by atoms with van der Waals surface area (Å²) >= 11 is 0. The minimum atomic E-state index is -0.0350. The summed E-state index contributed by atoms with van der Waals surface area (Å²) in [5, 5.41) is 6.69. The minimum Gasteiger partial charge on any atom is -0.361 e. The molecule has 6 nitrogen and oxygen atoms in total. The van der Waals surface area contributed by atoms with Crippen LogP contribution in [0.1, 0.15) is 36.3 Å². The Morgan fingerprint density at radius 2 is 2.25 bits per heavy atom. The van der Waals surface area contributed by atoms with Gasteiger partial charge in [0.05, 0.1) is 12.1 Å². The molecule has 2 rings (SSSR count). The fourth-order valence-electron chi connectivity index (χ4n) is 2.42. The second-order valence-electron chi connectivity index (χ2n) is 5.17. The van der Waals surface area contributed by atoms with Crippen molar-refractivity contribution < 1.29 is 14.1 Å². The second kappa shape index (κ2) is 6.54. The monoisotopic (exact) mass is 279 g/mol. The van der Waals surface area contributed by atoms with Gasteiger partial charge in [0, 0.05) is 31.6 Å². The van der Waals surface area contributed by atoms with Gasteiger partial charge in [-0.15, -0.1) is 0 Å². The summed E-state index contributed by atoms with van der Waals surface area (Å²) < 4.78 is 5.03. The molecule has 0 bridgehead atoms. The zero-order valence-electron chi connectivity index (χ0n) is 12.1. The van der Waals surface area contributed by atoms with Crippen LogP contribution in [0.4, 0.5) is 0 Å². The van der Waals surface area contributed by atoms with Crippen molar-refractivity contribution >= 4 is 11.8 Å². The molecule has 6 heteroatoms. The van der Waals surface area contributed by atoms with Gasteiger partial charge in [0.2, 0.25) is 11.8 Å². The van der Waals surface area contributed by atoms with E-state index in [4.69, 9.17) is 4.52 Å². The summed E-state index contributed by atoms with van der Waals surface area (Å²) in [5.41, 5.74) is 1.62. The van der Waals surface area contributed by atoms with Crippen LogP contribution in [0.15, 0.2) is 4.52 Å². The van der Waals surface area contributed by atoms with Crippen molar-refractivity contribution in [2.24, 2.45) is 0 Å². The molecule has 1 aromatic rings. The van der Waals surface area contributed by atoms with E-state index >= 15 is 0 Å². The quantitative estimate of drug-likeness (QED) is 0.787. The Labute approximate surface area is 118 Å². The normalized spacial score (nSPS) is 14.9. The molecule has 20 heavy (non-hydrogen) atoms. The Morgan fingerprint density at radius 1 is 1.45 bits per heavy atom. The number of aromatic nitrogens is 1. The van der Waals surface area contributed by atoms with Gasteiger partial charge in [-0.3, -0.25) is 9.59 Å². The number of likely N-dealkylation sites (tertiary alicyclic amines) is 1. The zero-order valence-corrected chi connectivity index (χ0v) is 12.1. The van der Waals surface area contributed by atoms with Crippen LogP contribution >= 0.6 is 0 Å². The number of aryl methyl sites for hydroxylation is 2. The standard InChI is InChI=1S/C14H21N3O3/c1-10-12(11(2)20-16-10)9-13(18)15-6-4-8-17-7-3-5-14(17)19/h3-9H2,1-2H3,(H,15,18). The van der Waals surface area contributed by atoms with E-state index in [0.29, 0.717) is 25.1 Å². The first kappa shape index (κ1) is 14.6. The number of nitrogens with zero attached hydrogens (tertiary/aromatic N) is 2. The first-order chi connectivity index (χ1) is 9.58. The third-order valence-electron chi connectivity index (χ3n) is 3.62. The molecule has 110 valence electrons. The fraction of sp³-hybridized carbons (Fsp3) is 0.643. The molecule has 1 fully saturated rings. The smallest absolute Gasteiger partial charge is 0.224 e. The second-order valence-corrected chi connectivity index (χ2v) is 5.17. The van der Waals surface area contributed by atoms with Gasteiger partial charge in [-0.1, -0.05) is 5.16 Å². The van der Waals surface area contributed by atoms with Crippen LogP contribution in [0.3, 0.4) is 0 Å². The number of amides is 2. The lowest BCUT2D eigenvalue weighted by Gasteiger charge is -2.15. The highest BCUT2D eigenvalue weighted by atomic mass is 16.5. The summed E-state index contributed by atoms with van der Waals surface area (Å²) in [7, 11) is 0. The fourth-order valence-corrected chi connectivity index (χ4v) is 2.42. The summed E-state index contributed by atoms with van der Waals surface area (Å²) in [6.07, 6.45) is 2.71. The minimum absolute atomic E-state index is 0.0350. The van der Waals surface area contributed by atoms with Crippen molar-refractivity contribution in [1.82, 2.24) is 15.4 Å². The van der Waals surface area contributed by atoms with Crippen molar-refractivity contribution in [3.05, 3.63) is 17.0 Å². The van der Waals surface area contributed by atoms with Crippen molar-refractivity contribution in [3.63, 3.8) is 0 Å². The lowest BCUT2D eigenvalue weighted by molar-refractivity contribution is -0.127. The van der Waals surface area contributed by atoms with Crippen LogP contribution in [0.2, 0.25) is 0 Å². The maximum atomic E-state index is 11.8. The van der Waals surface area contributed by atoms with E-state index in [1.807, 2.05) is 18.7 Å². The van der Waals surface area contributed by atoms with Gasteiger partial charge < -0.3 is 14.7 Å². The lowest BCUT2D eigenvalue weighted by atomic mass is 10.1. The molecule has 1 aromatic heterocycles. The van der Waals surface area contributed by atoms with Gasteiger partial charge in [0.15, 0.2) is 0 Å². The van der Waals surface area contributed by atoms with Crippen LogP contribution in [0.25, 0.3) is 0 Å². The third-order valence-corrected chi connectivity index (χ3v) is 3.62. The van der Waals surface area contributed by atoms with Gasteiger partial charge in [-0.05, 0) is 26.7 Å². The van der Waals surface area contributed by atoms with Crippen LogP contribution in [0, 0.1) is 13.8 Å². The number of carbonyl (C=O) groups is 2. The molecule has 0 saturated carbocycles. The van der Waals surface area contributed by atoms with Crippen molar-refractivity contribution in [2.45, 2.75) is 39.5 Å². The number of carbonyl (C=O) groups excluding carboxylic acids is 2. The average Bonchev–Trinajstić information content (AvgIpc) is 2.95. The molecule has 1 aliphatic heterocycles. The Morgan fingerprint density at radius 3 is 2.85 bits per heavy atom. The van der Waals surface area contributed by atoms with E-state index in [2.05, 4.69) is 10.5 Å². The summed E-state index contributed by atoms with van der Waals surface area (Å²) in [6.45, 7) is 5.81. The molecule has 1 aliphatic rings. The van der Waals surface area contributed by atoms with Crippen LogP contribution in [-0.4, -0.2) is 41.5 Å². The highest BCUT2D eigenvalue weighted by molar-refractivity contribution is 5.79. The largest absolute Gasteiger partial charge is 0.361 e. The van der Waals surface area contributed by atoms with Crippen LogP contribution in [-0.2, 0) is 16.0 Å². The van der Waals surface area contributed by atoms with Gasteiger partial charge in [-0.2, -0.15) is 0 Å². The molecular formula is C14H21N3O3. The molecule has 2 amide bonds. The maximum absolute atomic E-state index is 11.8. The Hall–Kier alpha value is -1.85. The number of rotatable bonds is 6. The Balaban J connectivity index is 1.67. The zero-order chi connectivity index (χ0) is 14.5. The third kappa shape index (κ3) is 3.59. The molecule has 1 saturated heterocycles. The summed E-state index contributed by atoms with van der Waals surface area (Å²) in [4.78, 5) is 25.1. The molecule has 2 heterocycles. The average molecular weight is 279 g/mol. The molecule has 0 spiro atoms. The molecule has 0 radical (unpaired) electrons. The molecule has 0 atom stereocenters. The van der Waals surface area contributed by atoms with Gasteiger partial charge in [0.25, 0.3) is 0 Å². The molecular weight excluding hydrogens is 258 g/mol. The van der Waals surface area contributed by atoms with E-state index < -0.39 is 0 Å². The van der Waals surface area contributed by atoms with Gasteiger partial charge in [0.1, 0.15) is 5.76 Å². The van der Waals surface area contributed by atoms with Crippen LogP contribution < -0.4 is 5.32 Å². The summed E-state index contributed by atoms with van der Waals surface area (Å²) in [6, 6.07) is 0. The van der Waals surface area contributed by atoms with Crippen LogP contribution in [0.5, 0.6) is 0 Å². The van der Waals surface area contributed by atoms with E-state index in [0.717, 1.165) is 37.2 Å². The Kier molecular flexibility index (Phi) is 4.76. The first-order valence-corrected chi connectivity index (χ1v) is 7.04. The molecule has 0 aromatic carbocycles. The number of nitrogens with one attached hydrogen (secondary N) is 1. The molecule has 0 unspecified atom stereocenters. The first-order valence-electron chi connectivity index (χ1n) is 7.04. The number of hydrogen-bond donors (Lipinski definition) is 1. The predicted octanol–water partition coefficient (Wildman–Crippen LogP) is 0.963. The van der Waals surface area contributed by atoms with E-state index in [1.54, 1.807) is 0 Å². The van der Waals surface area contributed by atoms with Crippen molar-refractivity contribution in [1.29, 1.82) is 0 Å². The van der Waals surface area contributed by atoms with Crippen molar-refractivity contribution in [3.8, 4) is 0 Å². The number of hydrogen-bond acceptors (Lipinski definition) is 4. The van der Waals surface area contributed by atoms with Crippen molar-refractivity contribution in [2.75, 3.05) is 19.6 Å². The van der Waals surface area contributed by atoms with Gasteiger partial charge in [-0.25, -0.2) is 0 Å². The summed E-state index contributed by atoms with van der Waals surface area (Å²) in [5.74, 6) is 0.888. The van der Waals surface area contributed by atoms with E-state index in [1.165, 1.54) is 0 Å². The predicted molar refractivity (Wildman–Crippen MR) is 73.1 cm³/mol. The lowest BCUT2D eigenvalue weighted by Crippen LogP contribution is -2.31. The molecule has 1 N–H and O–H groups in total. The van der Waals surface area contributed by atoms with E-state index in [9.17, 15) is 9.59 Å².